The monoisotopic (exact) mass is 237 g/mol. The number of carbonyl (C=O) groups is 1. The van der Waals surface area contributed by atoms with Crippen molar-refractivity contribution in [2.45, 2.75) is 13.3 Å². The third kappa shape index (κ3) is 2.52. The molecule has 6 heteroatoms. The summed E-state index contributed by atoms with van der Waals surface area (Å²) < 4.78 is 10.4. The zero-order valence-corrected chi connectivity index (χ0v) is 9.58. The molecule has 1 aliphatic heterocycles. The maximum Gasteiger partial charge on any atom is 0.319 e. The Morgan fingerprint density at radius 2 is 2.12 bits per heavy atom. The highest BCUT2D eigenvalue weighted by Crippen LogP contribution is 2.38. The Labute approximate surface area is 99.1 Å². The van der Waals surface area contributed by atoms with Crippen LogP contribution in [0.1, 0.15) is 13.3 Å². The molecule has 0 aliphatic carbocycles. The fourth-order valence-electron chi connectivity index (χ4n) is 1.47. The number of nitrogens with one attached hydrogen (secondary N) is 2. The summed E-state index contributed by atoms with van der Waals surface area (Å²) >= 11 is 0. The van der Waals surface area contributed by atoms with Gasteiger partial charge in [-0.25, -0.2) is 4.79 Å². The number of anilines is 2. The summed E-state index contributed by atoms with van der Waals surface area (Å²) in [6, 6.07) is 3.01. The van der Waals surface area contributed by atoms with E-state index in [9.17, 15) is 4.79 Å². The van der Waals surface area contributed by atoms with Crippen molar-refractivity contribution in [3.05, 3.63) is 12.1 Å². The molecule has 0 unspecified atom stereocenters. The van der Waals surface area contributed by atoms with Crippen LogP contribution in [0, 0.1) is 0 Å². The number of nitrogen functional groups attached to an aromatic ring is 1. The maximum absolute atomic E-state index is 11.5. The molecule has 0 saturated carbocycles. The minimum absolute atomic E-state index is 0.181. The number of benzene rings is 1. The Bertz CT molecular complexity index is 434. The molecule has 0 atom stereocenters. The van der Waals surface area contributed by atoms with Gasteiger partial charge in [0.1, 0.15) is 0 Å². The number of amides is 2. The van der Waals surface area contributed by atoms with Crippen molar-refractivity contribution in [3.63, 3.8) is 0 Å². The van der Waals surface area contributed by atoms with Gasteiger partial charge in [0, 0.05) is 18.7 Å². The van der Waals surface area contributed by atoms with Crippen molar-refractivity contribution < 1.29 is 14.3 Å². The molecule has 1 aromatic carbocycles. The van der Waals surface area contributed by atoms with Crippen LogP contribution in [0.25, 0.3) is 0 Å². The average molecular weight is 237 g/mol. The van der Waals surface area contributed by atoms with Gasteiger partial charge < -0.3 is 25.8 Å². The maximum atomic E-state index is 11.5. The van der Waals surface area contributed by atoms with E-state index in [1.165, 1.54) is 0 Å². The fourth-order valence-corrected chi connectivity index (χ4v) is 1.47. The lowest BCUT2D eigenvalue weighted by Gasteiger charge is -2.10. The zero-order chi connectivity index (χ0) is 12.3. The predicted octanol–water partition coefficient (Wildman–Crippen LogP) is 1.53. The first-order valence-electron chi connectivity index (χ1n) is 5.44. The summed E-state index contributed by atoms with van der Waals surface area (Å²) in [6.45, 7) is 2.78. The van der Waals surface area contributed by atoms with Gasteiger partial charge in [-0.1, -0.05) is 6.92 Å². The minimum Gasteiger partial charge on any atom is -0.454 e. The standard InChI is InChI=1S/C11H15N3O3/c1-2-3-13-11(15)14-8-5-10-9(4-7(8)12)16-6-17-10/h4-5H,2-3,6,12H2,1H3,(H2,13,14,15). The van der Waals surface area contributed by atoms with E-state index in [2.05, 4.69) is 10.6 Å². The second-order valence-electron chi connectivity index (χ2n) is 3.67. The number of nitrogens with two attached hydrogens (primary N) is 1. The summed E-state index contributed by atoms with van der Waals surface area (Å²) in [6.07, 6.45) is 0.879. The number of fused-ring (bicyclic) bond motifs is 1. The molecule has 0 bridgehead atoms. The lowest BCUT2D eigenvalue weighted by Crippen LogP contribution is -2.29. The van der Waals surface area contributed by atoms with Crippen molar-refractivity contribution in [2.75, 3.05) is 24.4 Å². The van der Waals surface area contributed by atoms with Crippen LogP contribution in [-0.2, 0) is 0 Å². The Morgan fingerprint density at radius 3 is 2.82 bits per heavy atom. The Hall–Kier alpha value is -2.11. The quantitative estimate of drug-likeness (QED) is 0.696. The van der Waals surface area contributed by atoms with Crippen LogP contribution < -0.4 is 25.8 Å². The molecule has 2 rings (SSSR count). The molecular weight excluding hydrogens is 222 g/mol. The van der Waals surface area contributed by atoms with E-state index >= 15 is 0 Å². The van der Waals surface area contributed by atoms with Gasteiger partial charge in [-0.05, 0) is 6.42 Å². The Balaban J connectivity index is 2.08. The van der Waals surface area contributed by atoms with E-state index in [4.69, 9.17) is 15.2 Å². The zero-order valence-electron chi connectivity index (χ0n) is 9.58. The molecule has 4 N–H and O–H groups in total. The molecule has 0 fully saturated rings. The molecule has 1 aromatic rings. The summed E-state index contributed by atoms with van der Waals surface area (Å²) in [4.78, 5) is 11.5. The Morgan fingerprint density at radius 1 is 1.41 bits per heavy atom. The molecule has 1 heterocycles. The summed E-state index contributed by atoms with van der Waals surface area (Å²) in [5.41, 5.74) is 6.75. The Kier molecular flexibility index (Phi) is 3.22. The summed E-state index contributed by atoms with van der Waals surface area (Å²) in [5, 5.41) is 5.36. The van der Waals surface area contributed by atoms with Crippen LogP contribution in [0.15, 0.2) is 12.1 Å². The molecule has 0 radical (unpaired) electrons. The van der Waals surface area contributed by atoms with Crippen LogP contribution in [0.5, 0.6) is 11.5 Å². The molecular formula is C11H15N3O3. The van der Waals surface area contributed by atoms with E-state index in [0.29, 0.717) is 29.4 Å². The highest BCUT2D eigenvalue weighted by atomic mass is 16.7. The summed E-state index contributed by atoms with van der Waals surface area (Å²) in [5.74, 6) is 1.19. The van der Waals surface area contributed by atoms with Gasteiger partial charge in [-0.2, -0.15) is 0 Å². The lowest BCUT2D eigenvalue weighted by molar-refractivity contribution is 0.174. The van der Waals surface area contributed by atoms with E-state index in [-0.39, 0.29) is 12.8 Å². The first-order valence-corrected chi connectivity index (χ1v) is 5.44. The van der Waals surface area contributed by atoms with Gasteiger partial charge in [-0.15, -0.1) is 0 Å². The molecule has 2 amide bonds. The highest BCUT2D eigenvalue weighted by molar-refractivity contribution is 5.93. The van der Waals surface area contributed by atoms with E-state index in [1.54, 1.807) is 12.1 Å². The smallest absolute Gasteiger partial charge is 0.319 e. The van der Waals surface area contributed by atoms with Crippen molar-refractivity contribution in [2.24, 2.45) is 0 Å². The number of rotatable bonds is 3. The van der Waals surface area contributed by atoms with Crippen LogP contribution in [-0.4, -0.2) is 19.4 Å². The van der Waals surface area contributed by atoms with Crippen molar-refractivity contribution >= 4 is 17.4 Å². The second kappa shape index (κ2) is 4.82. The largest absolute Gasteiger partial charge is 0.454 e. The number of hydrogen-bond acceptors (Lipinski definition) is 4. The van der Waals surface area contributed by atoms with Gasteiger partial charge in [-0.3, -0.25) is 0 Å². The number of urea groups is 1. The number of carbonyl (C=O) groups excluding carboxylic acids is 1. The molecule has 92 valence electrons. The van der Waals surface area contributed by atoms with E-state index in [1.807, 2.05) is 6.92 Å². The minimum atomic E-state index is -0.280. The highest BCUT2D eigenvalue weighted by Gasteiger charge is 2.16. The molecule has 1 aliphatic rings. The van der Waals surface area contributed by atoms with Crippen LogP contribution >= 0.6 is 0 Å². The van der Waals surface area contributed by atoms with Gasteiger partial charge >= 0.3 is 6.03 Å². The first-order chi connectivity index (χ1) is 8.20. The first kappa shape index (κ1) is 11.4. The van der Waals surface area contributed by atoms with E-state index < -0.39 is 0 Å². The summed E-state index contributed by atoms with van der Waals surface area (Å²) in [7, 11) is 0. The molecule has 17 heavy (non-hydrogen) atoms. The van der Waals surface area contributed by atoms with Crippen molar-refractivity contribution in [1.29, 1.82) is 0 Å². The third-order valence-electron chi connectivity index (χ3n) is 2.33. The third-order valence-corrected chi connectivity index (χ3v) is 2.33. The lowest BCUT2D eigenvalue weighted by atomic mass is 10.2. The second-order valence-corrected chi connectivity index (χ2v) is 3.67. The number of hydrogen-bond donors (Lipinski definition) is 3. The molecule has 0 aromatic heterocycles. The number of ether oxygens (including phenoxy) is 2. The normalized spacial score (nSPS) is 12.3. The van der Waals surface area contributed by atoms with Crippen LogP contribution in [0.2, 0.25) is 0 Å². The van der Waals surface area contributed by atoms with Crippen molar-refractivity contribution in [1.82, 2.24) is 5.32 Å². The van der Waals surface area contributed by atoms with Gasteiger partial charge in [0.05, 0.1) is 11.4 Å². The van der Waals surface area contributed by atoms with Crippen molar-refractivity contribution in [3.8, 4) is 11.5 Å². The van der Waals surface area contributed by atoms with Gasteiger partial charge in [0.2, 0.25) is 6.79 Å². The fraction of sp³-hybridized carbons (Fsp3) is 0.364. The van der Waals surface area contributed by atoms with Crippen LogP contribution in [0.4, 0.5) is 16.2 Å². The van der Waals surface area contributed by atoms with E-state index in [0.717, 1.165) is 6.42 Å². The topological polar surface area (TPSA) is 85.6 Å². The predicted molar refractivity (Wildman–Crippen MR) is 64.3 cm³/mol. The van der Waals surface area contributed by atoms with Gasteiger partial charge in [0.25, 0.3) is 0 Å². The SMILES string of the molecule is CCCNC(=O)Nc1cc2c(cc1N)OCO2. The van der Waals surface area contributed by atoms with Gasteiger partial charge in [0.15, 0.2) is 11.5 Å². The molecule has 0 saturated heterocycles. The molecule has 0 spiro atoms. The van der Waals surface area contributed by atoms with Crippen LogP contribution in [0.3, 0.4) is 0 Å². The molecule has 6 nitrogen and oxygen atoms in total. The average Bonchev–Trinajstić information content (AvgIpc) is 2.74.